The van der Waals surface area contributed by atoms with Crippen LogP contribution in [-0.4, -0.2) is 12.3 Å². The first-order valence-electron chi connectivity index (χ1n) is 6.95. The Hall–Kier alpha value is -0.770. The lowest BCUT2D eigenvalue weighted by Crippen LogP contribution is -2.14. The largest absolute Gasteiger partial charge is 0.384 e. The first-order chi connectivity index (χ1) is 9.17. The molecule has 0 amide bonds. The fraction of sp³-hybridized carbons (Fsp3) is 0.600. The van der Waals surface area contributed by atoms with Gasteiger partial charge in [0.25, 0.3) is 5.76 Å². The topological polar surface area (TPSA) is 12.0 Å². The molecular formula is C15H23F2NS. The first kappa shape index (κ1) is 16.3. The lowest BCUT2D eigenvalue weighted by molar-refractivity contribution is 0.252. The van der Waals surface area contributed by atoms with Crippen molar-refractivity contribution in [3.63, 3.8) is 0 Å². The van der Waals surface area contributed by atoms with Gasteiger partial charge in [-0.05, 0) is 24.5 Å². The standard InChI is InChI=1S/C15H23F2NS/c1-3-5-8-12(4-2)11-18-13-9-6-7-10-14(13)19-15(16)17/h6-7,9-10,12,15,18H,3-5,8,11H2,1-2H3. The summed E-state index contributed by atoms with van der Waals surface area (Å²) in [6.45, 7) is 5.23. The molecule has 0 aliphatic carbocycles. The molecule has 1 aromatic rings. The first-order valence-corrected chi connectivity index (χ1v) is 7.83. The van der Waals surface area contributed by atoms with Gasteiger partial charge in [-0.25, -0.2) is 0 Å². The van der Waals surface area contributed by atoms with Crippen LogP contribution in [0.3, 0.4) is 0 Å². The molecule has 0 saturated heterocycles. The lowest BCUT2D eigenvalue weighted by atomic mass is 9.99. The zero-order valence-electron chi connectivity index (χ0n) is 11.7. The summed E-state index contributed by atoms with van der Waals surface area (Å²) >= 11 is 0.606. The highest BCUT2D eigenvalue weighted by atomic mass is 32.2. The maximum absolute atomic E-state index is 12.5. The van der Waals surface area contributed by atoms with Gasteiger partial charge in [0.2, 0.25) is 0 Å². The van der Waals surface area contributed by atoms with Gasteiger partial charge in [0.15, 0.2) is 0 Å². The molecule has 1 rings (SSSR count). The molecule has 108 valence electrons. The molecule has 0 bridgehead atoms. The van der Waals surface area contributed by atoms with Crippen molar-refractivity contribution in [2.24, 2.45) is 5.92 Å². The van der Waals surface area contributed by atoms with E-state index in [0.29, 0.717) is 22.6 Å². The maximum atomic E-state index is 12.5. The number of hydrogen-bond acceptors (Lipinski definition) is 2. The van der Waals surface area contributed by atoms with Crippen LogP contribution in [0.2, 0.25) is 0 Å². The second kappa shape index (κ2) is 9.18. The zero-order chi connectivity index (χ0) is 14.1. The van der Waals surface area contributed by atoms with Crippen LogP contribution in [0.1, 0.15) is 39.5 Å². The quantitative estimate of drug-likeness (QED) is 0.591. The van der Waals surface area contributed by atoms with Crippen LogP contribution in [0, 0.1) is 5.92 Å². The summed E-state index contributed by atoms with van der Waals surface area (Å²) < 4.78 is 24.9. The third-order valence-electron chi connectivity index (χ3n) is 3.23. The van der Waals surface area contributed by atoms with E-state index < -0.39 is 5.76 Å². The Morgan fingerprint density at radius 3 is 2.58 bits per heavy atom. The van der Waals surface area contributed by atoms with E-state index >= 15 is 0 Å². The van der Waals surface area contributed by atoms with Crippen molar-refractivity contribution in [1.82, 2.24) is 0 Å². The summed E-state index contributed by atoms with van der Waals surface area (Å²) in [6.07, 6.45) is 4.75. The predicted octanol–water partition coefficient (Wildman–Crippen LogP) is 5.63. The second-order valence-corrected chi connectivity index (χ2v) is 5.70. The zero-order valence-corrected chi connectivity index (χ0v) is 12.5. The number of alkyl halides is 2. The Bertz CT molecular complexity index is 358. The van der Waals surface area contributed by atoms with Crippen LogP contribution in [0.25, 0.3) is 0 Å². The van der Waals surface area contributed by atoms with Crippen molar-refractivity contribution in [2.75, 3.05) is 11.9 Å². The molecule has 0 aliphatic rings. The minimum Gasteiger partial charge on any atom is -0.384 e. The van der Waals surface area contributed by atoms with E-state index in [1.165, 1.54) is 19.3 Å². The van der Waals surface area contributed by atoms with E-state index in [4.69, 9.17) is 0 Å². The van der Waals surface area contributed by atoms with Crippen LogP contribution >= 0.6 is 11.8 Å². The van der Waals surface area contributed by atoms with E-state index in [9.17, 15) is 8.78 Å². The average molecular weight is 287 g/mol. The van der Waals surface area contributed by atoms with Gasteiger partial charge in [-0.1, -0.05) is 57.0 Å². The van der Waals surface area contributed by atoms with Gasteiger partial charge in [0, 0.05) is 17.1 Å². The minimum atomic E-state index is -2.37. The van der Waals surface area contributed by atoms with Crippen LogP contribution in [0.5, 0.6) is 0 Å². The molecule has 1 N–H and O–H groups in total. The molecule has 4 heteroatoms. The summed E-state index contributed by atoms with van der Waals surface area (Å²) in [5.41, 5.74) is 0.822. The Morgan fingerprint density at radius 2 is 1.95 bits per heavy atom. The van der Waals surface area contributed by atoms with Crippen molar-refractivity contribution in [3.05, 3.63) is 24.3 Å². The summed E-state index contributed by atoms with van der Waals surface area (Å²) in [4.78, 5) is 0.628. The Morgan fingerprint density at radius 1 is 1.21 bits per heavy atom. The fourth-order valence-electron chi connectivity index (χ4n) is 2.01. The minimum absolute atomic E-state index is 0.606. The second-order valence-electron chi connectivity index (χ2n) is 4.67. The van der Waals surface area contributed by atoms with E-state index in [2.05, 4.69) is 19.2 Å². The van der Waals surface area contributed by atoms with Crippen molar-refractivity contribution in [1.29, 1.82) is 0 Å². The number of para-hydroxylation sites is 1. The number of rotatable bonds is 9. The molecule has 0 spiro atoms. The maximum Gasteiger partial charge on any atom is 0.288 e. The molecule has 0 radical (unpaired) electrons. The van der Waals surface area contributed by atoms with Crippen LogP contribution < -0.4 is 5.32 Å². The molecule has 0 aliphatic heterocycles. The highest BCUT2D eigenvalue weighted by Gasteiger charge is 2.11. The van der Waals surface area contributed by atoms with Crippen molar-refractivity contribution >= 4 is 17.4 Å². The molecule has 0 aromatic heterocycles. The Labute approximate surface area is 119 Å². The molecule has 19 heavy (non-hydrogen) atoms. The van der Waals surface area contributed by atoms with Gasteiger partial charge in [-0.2, -0.15) is 8.78 Å². The van der Waals surface area contributed by atoms with Gasteiger partial charge < -0.3 is 5.32 Å². The summed E-state index contributed by atoms with van der Waals surface area (Å²) in [7, 11) is 0. The molecule has 1 aromatic carbocycles. The van der Waals surface area contributed by atoms with E-state index in [1.807, 2.05) is 12.1 Å². The summed E-state index contributed by atoms with van der Waals surface area (Å²) in [5, 5.41) is 3.32. The van der Waals surface area contributed by atoms with Gasteiger partial charge in [-0.3, -0.25) is 0 Å². The summed E-state index contributed by atoms with van der Waals surface area (Å²) in [5.74, 6) is -1.76. The number of anilines is 1. The highest BCUT2D eigenvalue weighted by molar-refractivity contribution is 7.99. The summed E-state index contributed by atoms with van der Waals surface area (Å²) in [6, 6.07) is 7.29. The van der Waals surface area contributed by atoms with Gasteiger partial charge >= 0.3 is 0 Å². The Kier molecular flexibility index (Phi) is 7.87. The number of hydrogen-bond donors (Lipinski definition) is 1. The average Bonchev–Trinajstić information content (AvgIpc) is 2.40. The van der Waals surface area contributed by atoms with Crippen molar-refractivity contribution < 1.29 is 8.78 Å². The predicted molar refractivity (Wildman–Crippen MR) is 80.1 cm³/mol. The third-order valence-corrected chi connectivity index (χ3v) is 4.02. The van der Waals surface area contributed by atoms with E-state index in [-0.39, 0.29) is 0 Å². The molecule has 0 heterocycles. The molecule has 1 nitrogen and oxygen atoms in total. The number of nitrogens with one attached hydrogen (secondary N) is 1. The van der Waals surface area contributed by atoms with E-state index in [1.54, 1.807) is 12.1 Å². The normalized spacial score (nSPS) is 12.7. The number of unbranched alkanes of at least 4 members (excludes halogenated alkanes) is 1. The van der Waals surface area contributed by atoms with Gasteiger partial charge in [0.05, 0.1) is 0 Å². The van der Waals surface area contributed by atoms with Crippen LogP contribution in [-0.2, 0) is 0 Å². The monoisotopic (exact) mass is 287 g/mol. The van der Waals surface area contributed by atoms with Crippen LogP contribution in [0.4, 0.5) is 14.5 Å². The van der Waals surface area contributed by atoms with Crippen molar-refractivity contribution in [3.8, 4) is 0 Å². The smallest absolute Gasteiger partial charge is 0.288 e. The number of benzene rings is 1. The van der Waals surface area contributed by atoms with Crippen LogP contribution in [0.15, 0.2) is 29.2 Å². The SMILES string of the molecule is CCCCC(CC)CNc1ccccc1SC(F)F. The fourth-order valence-corrected chi connectivity index (χ4v) is 2.63. The van der Waals surface area contributed by atoms with Gasteiger partial charge in [-0.15, -0.1) is 0 Å². The molecule has 0 saturated carbocycles. The van der Waals surface area contributed by atoms with E-state index in [0.717, 1.165) is 18.7 Å². The highest BCUT2D eigenvalue weighted by Crippen LogP contribution is 2.31. The molecule has 1 atom stereocenters. The number of thioether (sulfide) groups is 1. The van der Waals surface area contributed by atoms with Gasteiger partial charge in [0.1, 0.15) is 0 Å². The number of halogens is 2. The third kappa shape index (κ3) is 6.28. The molecular weight excluding hydrogens is 264 g/mol. The molecule has 0 fully saturated rings. The lowest BCUT2D eigenvalue weighted by Gasteiger charge is -2.17. The van der Waals surface area contributed by atoms with Crippen molar-refractivity contribution in [2.45, 2.75) is 50.2 Å². The molecule has 1 unspecified atom stereocenters. The Balaban J connectivity index is 2.55.